The minimum absolute atomic E-state index is 0. The molecule has 7 aliphatic rings. The Hall–Kier alpha value is -1.09. The Morgan fingerprint density at radius 3 is 1.24 bits per heavy atom. The minimum atomic E-state index is -2.42. The zero-order valence-corrected chi connectivity index (χ0v) is 80.4. The fourth-order valence-electron chi connectivity index (χ4n) is 13.0. The number of carboxylic acids is 4. The molecule has 7 heterocycles. The predicted octanol–water partition coefficient (Wildman–Crippen LogP) is 7.08. The van der Waals surface area contributed by atoms with Crippen LogP contribution in [-0.2, 0) is 202 Å². The van der Waals surface area contributed by atoms with Gasteiger partial charge in [0.25, 0.3) is 0 Å². The molecular weight excluding hydrogens is 1810 g/mol. The van der Waals surface area contributed by atoms with Crippen LogP contribution in [0.5, 0.6) is 0 Å². The Morgan fingerprint density at radius 2 is 0.897 bits per heavy atom. The summed E-state index contributed by atoms with van der Waals surface area (Å²) < 4.78 is 132. The van der Waals surface area contributed by atoms with Crippen LogP contribution < -0.4 is 0 Å². The topological polar surface area (TPSA) is 473 Å². The molecule has 0 aromatic carbocycles. The Morgan fingerprint density at radius 1 is 0.513 bits per heavy atom. The smallest absolute Gasteiger partial charge is 0.336 e. The van der Waals surface area contributed by atoms with Crippen molar-refractivity contribution < 1.29 is 267 Å². The predicted molar refractivity (Wildman–Crippen MR) is 420 cm³/mol. The van der Waals surface area contributed by atoms with Crippen molar-refractivity contribution in [1.29, 1.82) is 0 Å². The maximum absolute atomic E-state index is 11.8. The Balaban J connectivity index is 0. The number of hydrogen-bond acceptors (Lipinski definition) is 29. The summed E-state index contributed by atoms with van der Waals surface area (Å²) in [5, 5.41) is 104. The SMILES string of the molecule is [2H]C(=O)C/C=C/[C@H](C(=O)O)[C@@](O)(CC)C(=O)O.[2H]C(=O)C/C=C/[C@H](CO)[C@@](O)(CC)C(=O)O.[2H]C1(C/C=C/[C@@H]2COC(C)(C)O[C@@]2(CCC)COP)OCCO1.[2H]C1(C/C=C/[C@@H]2COC(C)(C)O[C@]2(CC)C(=O)O)OCCO1.[2H]C1(C/C=C/[C@@H]2COC(C)(C)O[C@]2(CO)CCO)OCCO1.[2H]C1(C/C=C/[C@H](CO)[C@](O)(CCC)COP)OCCO1.[Y].[Y].[Y]. The summed E-state index contributed by atoms with van der Waals surface area (Å²) in [6.45, 7) is 23.7. The molecule has 0 spiro atoms. The third kappa shape index (κ3) is 40.2. The summed E-state index contributed by atoms with van der Waals surface area (Å²) in [5.74, 6) is -11.7. The molecule has 0 aliphatic carbocycles. The van der Waals surface area contributed by atoms with E-state index in [1.807, 2.05) is 32.9 Å². The van der Waals surface area contributed by atoms with Gasteiger partial charge < -0.3 is 141 Å². The van der Waals surface area contributed by atoms with Crippen LogP contribution in [0.15, 0.2) is 72.9 Å². The summed E-state index contributed by atoms with van der Waals surface area (Å²) >= 11 is 0. The van der Waals surface area contributed by atoms with E-state index in [1.54, 1.807) is 65.0 Å². The number of hydrogen-bond donors (Lipinski definition) is 11. The molecule has 14 atom stereocenters. The number of ether oxygens (including phenoxy) is 14. The molecule has 117 heavy (non-hydrogen) atoms. The van der Waals surface area contributed by atoms with Crippen molar-refractivity contribution in [3.63, 3.8) is 0 Å². The zero-order chi connectivity index (χ0) is 91.1. The van der Waals surface area contributed by atoms with Crippen LogP contribution in [0.4, 0.5) is 0 Å². The van der Waals surface area contributed by atoms with Gasteiger partial charge in [-0.05, 0) is 73.6 Å². The van der Waals surface area contributed by atoms with Crippen LogP contribution in [0.3, 0.4) is 0 Å². The van der Waals surface area contributed by atoms with Crippen LogP contribution in [0.1, 0.15) is 174 Å². The molecule has 0 saturated carbocycles. The summed E-state index contributed by atoms with van der Waals surface area (Å²) in [4.78, 5) is 65.0. The van der Waals surface area contributed by atoms with Crippen LogP contribution in [0, 0.1) is 35.5 Å². The van der Waals surface area contributed by atoms with Gasteiger partial charge in [0, 0.05) is 198 Å². The van der Waals surface area contributed by atoms with Crippen LogP contribution >= 0.6 is 18.9 Å². The standard InChI is InChI=1S/C16H29O5P.C15H26O6.C15H24O6.C13H25O5P.C10H14O6.C10H16O5.3Y/c1-4-8-16(12-20-22)13(11-19-15(2,3)21-16)6-5-7-14-17-9-10-18-14;1-14(2)20-10-12(15(11-17,21-14)6-7-16)4-3-5-13-18-8-9-19-13;1-4-15(13(16)17)11(10-20-14(2,3)21-15)6-5-7-12-18-8-9-19-12;1-2-6-13(15,10-18-19)11(9-14)4-3-5-12-16-7-8-17-12;1-2-10(16,9(14)15)7(8(12)13)5-3-4-6-11;1-2-10(15,9(13)14)8(7-12)5-3-4-6-11;;;/h5-6,13-14H,4,7-12,22H2,1-3H3;3-4,12-13,16-17H,5-11H2,1-2H3;5-6,11-12H,4,7-10H2,1-3H3,(H,16,17);3-4,11-12,14-15H,2,5-10,19H2,1H3;3,5-7,16H,2,4H2,1H3,(H,12,13)(H,14,15);3,5-6,8,12,15H,2,4,7H2,1H3,(H,13,14);;;/b6-5+;4-3+;6-5+;4-3+;2*5-3+;;;/t13-,16+;12-,15+;11-,15+;11-,13+;7-,10+;8-,10+;;;/m111111.../s1/i14D;13D;2*12D;2*6D;;;. The van der Waals surface area contributed by atoms with E-state index >= 15 is 0 Å². The third-order valence-electron chi connectivity index (χ3n) is 19.3. The first-order valence-corrected chi connectivity index (χ1v) is 39.3. The molecule has 7 aliphatic heterocycles. The van der Waals surface area contributed by atoms with Crippen molar-refractivity contribution in [3.05, 3.63) is 72.9 Å². The summed E-state index contributed by atoms with van der Waals surface area (Å²) in [5.41, 5.74) is -8.23. The number of allylic oxidation sites excluding steroid dienone is 2. The number of rotatable bonds is 41. The van der Waals surface area contributed by atoms with Gasteiger partial charge in [-0.2, -0.15) is 0 Å². The second-order valence-corrected chi connectivity index (χ2v) is 29.4. The monoisotopic (exact) mass is 1950 g/mol. The molecule has 38 heteroatoms. The molecule has 7 saturated heterocycles. The molecule has 0 bridgehead atoms. The number of aliphatic carboxylic acids is 4. The van der Waals surface area contributed by atoms with E-state index in [2.05, 4.69) is 31.9 Å². The van der Waals surface area contributed by atoms with E-state index in [0.29, 0.717) is 98.4 Å². The van der Waals surface area contributed by atoms with Crippen molar-refractivity contribution in [2.75, 3.05) is 112 Å². The van der Waals surface area contributed by atoms with Crippen molar-refractivity contribution in [2.45, 2.75) is 242 Å². The maximum Gasteiger partial charge on any atom is 0.336 e. The van der Waals surface area contributed by atoms with E-state index in [1.165, 1.54) is 26.0 Å². The van der Waals surface area contributed by atoms with Crippen molar-refractivity contribution in [2.24, 2.45) is 35.5 Å². The molecule has 2 unspecified atom stereocenters. The molecule has 3 radical (unpaired) electrons. The molecule has 33 nitrogen and oxygen atoms in total. The summed E-state index contributed by atoms with van der Waals surface area (Å²) in [6, 6.07) is 0. The van der Waals surface area contributed by atoms with E-state index < -0.39 is 143 Å². The van der Waals surface area contributed by atoms with Crippen LogP contribution in [0.2, 0.25) is 0 Å². The largest absolute Gasteiger partial charge is 0.481 e. The van der Waals surface area contributed by atoms with E-state index in [0.717, 1.165) is 31.4 Å². The number of carbonyl (C=O) groups excluding carboxylic acids is 2. The number of aldehydes is 2. The zero-order valence-electron chi connectivity index (χ0n) is 75.6. The molecule has 7 fully saturated rings. The normalized spacial score (nSPS) is 28.1. The first kappa shape index (κ1) is 106. The van der Waals surface area contributed by atoms with Crippen LogP contribution in [0.25, 0.3) is 0 Å². The third-order valence-corrected chi connectivity index (χ3v) is 19.6. The molecule has 0 aromatic heterocycles. The van der Waals surface area contributed by atoms with Gasteiger partial charge in [0.2, 0.25) is 0 Å². The van der Waals surface area contributed by atoms with Gasteiger partial charge in [0.1, 0.15) is 32.4 Å². The Labute approximate surface area is 778 Å². The summed E-state index contributed by atoms with van der Waals surface area (Å²) in [7, 11) is 4.42. The molecular formula is C79H134O33P2Y3. The first-order chi connectivity index (χ1) is 56.1. The quantitative estimate of drug-likeness (QED) is 0.0165. The van der Waals surface area contributed by atoms with E-state index in [-0.39, 0.29) is 188 Å². The number of aliphatic hydroxyl groups is 7. The van der Waals surface area contributed by atoms with Gasteiger partial charge in [-0.3, -0.25) is 4.79 Å². The van der Waals surface area contributed by atoms with Gasteiger partial charge >= 0.3 is 23.9 Å². The Bertz CT molecular complexity index is 3280. The second-order valence-electron chi connectivity index (χ2n) is 28.7. The number of carboxylic acid groups (broad SMARTS) is 4. The van der Waals surface area contributed by atoms with Gasteiger partial charge in [-0.15, -0.1) is 0 Å². The van der Waals surface area contributed by atoms with Crippen molar-refractivity contribution in [3.8, 4) is 0 Å². The average molecular weight is 1950 g/mol. The average Bonchev–Trinajstić information content (AvgIpc) is 1.52. The van der Waals surface area contributed by atoms with Crippen molar-refractivity contribution in [1.82, 2.24) is 0 Å². The number of carbonyl (C=O) groups is 6. The fraction of sp³-hybridized carbons (Fsp3) is 0.772. The maximum atomic E-state index is 11.8. The fourth-order valence-corrected chi connectivity index (χ4v) is 13.6. The Kier molecular flexibility index (Phi) is 55.8. The number of aliphatic hydroxyl groups excluding tert-OH is 4. The van der Waals surface area contributed by atoms with Crippen molar-refractivity contribution >= 4 is 55.3 Å². The van der Waals surface area contributed by atoms with Gasteiger partial charge in [-0.25, -0.2) is 14.4 Å². The molecule has 667 valence electrons. The summed E-state index contributed by atoms with van der Waals surface area (Å²) in [6.07, 6.45) is 16.1. The van der Waals surface area contributed by atoms with E-state index in [9.17, 15) is 64.5 Å². The van der Waals surface area contributed by atoms with Crippen LogP contribution in [-0.4, -0.2) is 281 Å². The molecule has 7 rings (SSSR count). The van der Waals surface area contributed by atoms with Gasteiger partial charge in [0.15, 0.2) is 59.2 Å². The minimum Gasteiger partial charge on any atom is -0.481 e. The molecule has 0 amide bonds. The van der Waals surface area contributed by atoms with E-state index in [4.69, 9.17) is 104 Å². The van der Waals surface area contributed by atoms with Gasteiger partial charge in [0.05, 0.1) is 117 Å². The van der Waals surface area contributed by atoms with Gasteiger partial charge in [-0.1, -0.05) is 120 Å². The first-order valence-electron chi connectivity index (χ1n) is 41.3. The molecule has 0 aromatic rings. The molecule has 11 N–H and O–H groups in total. The second kappa shape index (κ2) is 61.3.